The molecule has 3 heterocycles. The van der Waals surface area contributed by atoms with Crippen LogP contribution >= 0.6 is 11.8 Å². The number of nitriles is 1. The van der Waals surface area contributed by atoms with Gasteiger partial charge < -0.3 is 14.3 Å². The number of hydrogen-bond acceptors (Lipinski definition) is 8. The summed E-state index contributed by atoms with van der Waals surface area (Å²) in [5.74, 6) is 0.270. The van der Waals surface area contributed by atoms with E-state index in [4.69, 9.17) is 4.42 Å². The molecule has 1 aliphatic heterocycles. The van der Waals surface area contributed by atoms with E-state index in [9.17, 15) is 18.5 Å². The monoisotopic (exact) mass is 485 g/mol. The Balaban J connectivity index is 1.45. The van der Waals surface area contributed by atoms with Crippen molar-refractivity contribution in [2.45, 2.75) is 38.0 Å². The molecule has 0 aliphatic carbocycles. The molecular formula is C22H23N5O4S2. The summed E-state index contributed by atoms with van der Waals surface area (Å²) < 4.78 is 30.8. The lowest BCUT2D eigenvalue weighted by atomic mass is 10.1. The normalized spacial score (nSPS) is 17.1. The minimum Gasteiger partial charge on any atom is -0.416 e. The van der Waals surface area contributed by atoms with Crippen LogP contribution in [0, 0.1) is 25.2 Å². The number of carbonyl (C=O) groups excluding carboxylic acids is 1. The number of amides is 1. The van der Waals surface area contributed by atoms with Crippen LogP contribution in [0.5, 0.6) is 0 Å². The van der Waals surface area contributed by atoms with Crippen LogP contribution in [-0.4, -0.2) is 46.3 Å². The van der Waals surface area contributed by atoms with Crippen molar-refractivity contribution in [3.63, 3.8) is 0 Å². The Morgan fingerprint density at radius 3 is 2.73 bits per heavy atom. The second kappa shape index (κ2) is 9.41. The first-order valence-electron chi connectivity index (χ1n) is 10.4. The number of nitrogens with zero attached hydrogens (tertiary/aromatic N) is 4. The smallest absolute Gasteiger partial charge is 0.277 e. The molecule has 1 aliphatic rings. The van der Waals surface area contributed by atoms with E-state index < -0.39 is 9.84 Å². The minimum absolute atomic E-state index is 0.00405. The Bertz CT molecular complexity index is 1320. The summed E-state index contributed by atoms with van der Waals surface area (Å²) >= 11 is 1.07. The van der Waals surface area contributed by atoms with Crippen LogP contribution in [0.25, 0.3) is 0 Å². The summed E-state index contributed by atoms with van der Waals surface area (Å²) in [7, 11) is -3.06. The zero-order chi connectivity index (χ0) is 23.6. The van der Waals surface area contributed by atoms with E-state index in [1.807, 2.05) is 48.7 Å². The average Bonchev–Trinajstić information content (AvgIpc) is 3.46. The highest BCUT2D eigenvalue weighted by Gasteiger charge is 2.33. The zero-order valence-corrected chi connectivity index (χ0v) is 19.9. The Morgan fingerprint density at radius 1 is 1.30 bits per heavy atom. The minimum atomic E-state index is -3.06. The summed E-state index contributed by atoms with van der Waals surface area (Å²) in [4.78, 5) is 12.7. The van der Waals surface area contributed by atoms with E-state index in [1.54, 1.807) is 0 Å². The van der Waals surface area contributed by atoms with E-state index >= 15 is 0 Å². The van der Waals surface area contributed by atoms with Crippen LogP contribution < -0.4 is 5.32 Å². The molecule has 33 heavy (non-hydrogen) atoms. The lowest BCUT2D eigenvalue weighted by Crippen LogP contribution is -2.18. The highest BCUT2D eigenvalue weighted by molar-refractivity contribution is 7.99. The number of carbonyl (C=O) groups is 1. The molecule has 2 aromatic heterocycles. The predicted octanol–water partition coefficient (Wildman–Crippen LogP) is 3.04. The maximum Gasteiger partial charge on any atom is 0.277 e. The lowest BCUT2D eigenvalue weighted by Gasteiger charge is -2.13. The van der Waals surface area contributed by atoms with Crippen LogP contribution in [0.4, 0.5) is 5.82 Å². The van der Waals surface area contributed by atoms with Gasteiger partial charge in [0.05, 0.1) is 28.7 Å². The van der Waals surface area contributed by atoms with E-state index in [-0.39, 0.29) is 40.2 Å². The fourth-order valence-electron chi connectivity index (χ4n) is 3.82. The Morgan fingerprint density at radius 2 is 2.06 bits per heavy atom. The van der Waals surface area contributed by atoms with Crippen molar-refractivity contribution in [1.82, 2.24) is 14.8 Å². The van der Waals surface area contributed by atoms with Crippen LogP contribution in [0.1, 0.15) is 40.6 Å². The SMILES string of the molecule is Cc1c(C#N)c(NC(=O)CSc2nnc(C3CCS(=O)(=O)C3)o2)n(Cc2ccccc2)c1C. The van der Waals surface area contributed by atoms with Crippen molar-refractivity contribution in [3.05, 3.63) is 58.6 Å². The molecule has 1 saturated heterocycles. The molecule has 0 radical (unpaired) electrons. The number of sulfone groups is 1. The summed E-state index contributed by atoms with van der Waals surface area (Å²) in [6, 6.07) is 12.0. The lowest BCUT2D eigenvalue weighted by molar-refractivity contribution is -0.113. The quantitative estimate of drug-likeness (QED) is 0.505. The average molecular weight is 486 g/mol. The molecule has 1 aromatic carbocycles. The van der Waals surface area contributed by atoms with E-state index in [0.717, 1.165) is 28.6 Å². The molecule has 0 spiro atoms. The van der Waals surface area contributed by atoms with Crippen molar-refractivity contribution in [1.29, 1.82) is 5.26 Å². The number of anilines is 1. The Hall–Kier alpha value is -3.10. The van der Waals surface area contributed by atoms with E-state index in [0.29, 0.717) is 24.3 Å². The Labute approximate surface area is 196 Å². The zero-order valence-electron chi connectivity index (χ0n) is 18.2. The number of thioether (sulfide) groups is 1. The maximum absolute atomic E-state index is 12.7. The van der Waals surface area contributed by atoms with Gasteiger partial charge in [-0.2, -0.15) is 5.26 Å². The first-order valence-corrected chi connectivity index (χ1v) is 13.2. The Kier molecular flexibility index (Phi) is 6.58. The standard InChI is InChI=1S/C22H23N5O4S2/c1-14-15(2)27(11-16-6-4-3-5-7-16)20(18(14)10-23)24-19(28)12-32-22-26-25-21(31-22)17-8-9-33(29,30)13-17/h3-7,17H,8-9,11-13H2,1-2H3,(H,24,28). The molecular weight excluding hydrogens is 462 g/mol. The molecule has 0 bridgehead atoms. The summed E-state index contributed by atoms with van der Waals surface area (Å²) in [5.41, 5.74) is 3.22. The molecule has 3 aromatic rings. The van der Waals surface area contributed by atoms with Gasteiger partial charge in [0, 0.05) is 12.2 Å². The van der Waals surface area contributed by atoms with Gasteiger partial charge in [-0.1, -0.05) is 42.1 Å². The third-order valence-electron chi connectivity index (χ3n) is 5.71. The van der Waals surface area contributed by atoms with Gasteiger partial charge in [0.1, 0.15) is 11.9 Å². The predicted molar refractivity (Wildman–Crippen MR) is 124 cm³/mol. The fraction of sp³-hybridized carbons (Fsp3) is 0.364. The van der Waals surface area contributed by atoms with Gasteiger partial charge in [0.2, 0.25) is 11.8 Å². The van der Waals surface area contributed by atoms with Crippen LogP contribution in [0.2, 0.25) is 0 Å². The van der Waals surface area contributed by atoms with Crippen molar-refractivity contribution >= 4 is 33.3 Å². The van der Waals surface area contributed by atoms with Crippen molar-refractivity contribution in [2.75, 3.05) is 22.6 Å². The number of rotatable bonds is 7. The molecule has 1 N–H and O–H groups in total. The fourth-order valence-corrected chi connectivity index (χ4v) is 6.13. The van der Waals surface area contributed by atoms with Crippen LogP contribution in [0.3, 0.4) is 0 Å². The maximum atomic E-state index is 12.7. The largest absolute Gasteiger partial charge is 0.416 e. The van der Waals surface area contributed by atoms with Crippen molar-refractivity contribution < 1.29 is 17.6 Å². The first kappa shape index (κ1) is 23.1. The molecule has 4 rings (SSSR count). The van der Waals surface area contributed by atoms with Gasteiger partial charge in [-0.25, -0.2) is 8.42 Å². The van der Waals surface area contributed by atoms with Crippen LogP contribution in [-0.2, 0) is 21.2 Å². The molecule has 1 unspecified atom stereocenters. The highest BCUT2D eigenvalue weighted by atomic mass is 32.2. The van der Waals surface area contributed by atoms with Gasteiger partial charge in [-0.3, -0.25) is 4.79 Å². The van der Waals surface area contributed by atoms with E-state index in [2.05, 4.69) is 21.6 Å². The molecule has 1 fully saturated rings. The first-order chi connectivity index (χ1) is 15.8. The van der Waals surface area contributed by atoms with E-state index in [1.165, 1.54) is 0 Å². The number of benzene rings is 1. The third-order valence-corrected chi connectivity index (χ3v) is 8.30. The van der Waals surface area contributed by atoms with Crippen molar-refractivity contribution in [3.8, 4) is 6.07 Å². The molecule has 1 atom stereocenters. The van der Waals surface area contributed by atoms with Gasteiger partial charge in [-0.05, 0) is 31.4 Å². The molecule has 0 saturated carbocycles. The third kappa shape index (κ3) is 5.12. The second-order valence-electron chi connectivity index (χ2n) is 7.96. The number of aromatic nitrogens is 3. The second-order valence-corrected chi connectivity index (χ2v) is 11.1. The number of hydrogen-bond donors (Lipinski definition) is 1. The molecule has 9 nitrogen and oxygen atoms in total. The van der Waals surface area contributed by atoms with Crippen molar-refractivity contribution in [2.24, 2.45) is 0 Å². The van der Waals surface area contributed by atoms with Gasteiger partial charge >= 0.3 is 0 Å². The van der Waals surface area contributed by atoms with Crippen LogP contribution in [0.15, 0.2) is 40.0 Å². The van der Waals surface area contributed by atoms with Gasteiger partial charge in [0.15, 0.2) is 9.84 Å². The number of nitrogens with one attached hydrogen (secondary N) is 1. The topological polar surface area (TPSA) is 131 Å². The highest BCUT2D eigenvalue weighted by Crippen LogP contribution is 2.30. The molecule has 11 heteroatoms. The molecule has 1 amide bonds. The summed E-state index contributed by atoms with van der Waals surface area (Å²) in [6.07, 6.45) is 0.461. The summed E-state index contributed by atoms with van der Waals surface area (Å²) in [6.45, 7) is 4.31. The summed E-state index contributed by atoms with van der Waals surface area (Å²) in [5, 5.41) is 20.6. The molecule has 172 valence electrons. The van der Waals surface area contributed by atoms with Gasteiger partial charge in [0.25, 0.3) is 5.22 Å². The van der Waals surface area contributed by atoms with Gasteiger partial charge in [-0.15, -0.1) is 10.2 Å².